The van der Waals surface area contributed by atoms with Gasteiger partial charge in [0.05, 0.1) is 27.9 Å². The van der Waals surface area contributed by atoms with Gasteiger partial charge >= 0.3 is 0 Å². The van der Waals surface area contributed by atoms with Gasteiger partial charge in [-0.2, -0.15) is 0 Å². The van der Waals surface area contributed by atoms with Crippen LogP contribution in [0.1, 0.15) is 16.1 Å². The molecule has 7 heteroatoms. The van der Waals surface area contributed by atoms with Crippen LogP contribution in [0.2, 0.25) is 10.0 Å². The Labute approximate surface area is 125 Å². The Morgan fingerprint density at radius 1 is 1.30 bits per heavy atom. The highest BCUT2D eigenvalue weighted by Crippen LogP contribution is 2.25. The number of ether oxygens (including phenoxy) is 1. The number of anilines is 1. The summed E-state index contributed by atoms with van der Waals surface area (Å²) in [6.07, 6.45) is 1.35. The third-order valence-corrected chi connectivity index (χ3v) is 3.08. The molecule has 2 rings (SSSR count). The maximum Gasteiger partial charge on any atom is 0.259 e. The molecule has 20 heavy (non-hydrogen) atoms. The molecule has 0 radical (unpaired) electrons. The number of carbonyl (C=O) groups is 1. The minimum atomic E-state index is -0.428. The molecule has 0 aliphatic rings. The second-order valence-corrected chi connectivity index (χ2v) is 4.69. The zero-order valence-electron chi connectivity index (χ0n) is 10.6. The summed E-state index contributed by atoms with van der Waals surface area (Å²) in [6, 6.07) is 6.48. The zero-order chi connectivity index (χ0) is 14.5. The number of hydrogen-bond acceptors (Lipinski definition) is 4. The predicted molar refractivity (Wildman–Crippen MR) is 77.2 cm³/mol. The van der Waals surface area contributed by atoms with Crippen LogP contribution in [0.25, 0.3) is 0 Å². The Morgan fingerprint density at radius 2 is 2.00 bits per heavy atom. The van der Waals surface area contributed by atoms with Crippen molar-refractivity contribution >= 4 is 34.9 Å². The molecule has 0 saturated heterocycles. The average Bonchev–Trinajstić information content (AvgIpc) is 2.39. The number of carbonyl (C=O) groups excluding carboxylic acids is 1. The number of rotatable bonds is 4. The first-order chi connectivity index (χ1) is 9.61. The topological polar surface area (TPSA) is 64.1 Å². The van der Waals surface area contributed by atoms with Gasteiger partial charge < -0.3 is 10.1 Å². The molecule has 0 saturated carbocycles. The van der Waals surface area contributed by atoms with E-state index in [2.05, 4.69) is 15.3 Å². The summed E-state index contributed by atoms with van der Waals surface area (Å²) in [5.74, 6) is -0.0734. The Morgan fingerprint density at radius 3 is 2.65 bits per heavy atom. The minimum absolute atomic E-state index is 0.211. The molecular weight excluding hydrogens is 301 g/mol. The first-order valence-electron chi connectivity index (χ1n) is 5.67. The Kier molecular flexibility index (Phi) is 4.89. The van der Waals surface area contributed by atoms with Gasteiger partial charge in [-0.05, 0) is 12.1 Å². The standard InChI is InChI=1S/C13H11Cl2N3O2/c1-20-6-8-5-11(17-7-16-8)18-13(19)12-9(14)3-2-4-10(12)15/h2-5,7H,6H2,1H3,(H,16,17,18,19). The minimum Gasteiger partial charge on any atom is -0.378 e. The highest BCUT2D eigenvalue weighted by molar-refractivity contribution is 6.40. The molecular formula is C13H11Cl2N3O2. The smallest absolute Gasteiger partial charge is 0.259 e. The van der Waals surface area contributed by atoms with Gasteiger partial charge in [0, 0.05) is 13.2 Å². The number of methoxy groups -OCH3 is 1. The molecule has 0 aliphatic carbocycles. The number of halogens is 2. The summed E-state index contributed by atoms with van der Waals surface area (Å²) in [4.78, 5) is 20.1. The van der Waals surface area contributed by atoms with Gasteiger partial charge in [-0.1, -0.05) is 29.3 Å². The van der Waals surface area contributed by atoms with E-state index >= 15 is 0 Å². The molecule has 0 atom stereocenters. The van der Waals surface area contributed by atoms with Crippen molar-refractivity contribution in [2.45, 2.75) is 6.61 Å². The first kappa shape index (κ1) is 14.7. The van der Waals surface area contributed by atoms with E-state index in [-0.39, 0.29) is 15.6 Å². The molecule has 1 aromatic carbocycles. The van der Waals surface area contributed by atoms with Crippen LogP contribution < -0.4 is 5.32 Å². The molecule has 0 bridgehead atoms. The number of amides is 1. The molecule has 5 nitrogen and oxygen atoms in total. The van der Waals surface area contributed by atoms with Crippen LogP contribution in [-0.4, -0.2) is 23.0 Å². The summed E-state index contributed by atoms with van der Waals surface area (Å²) in [7, 11) is 1.56. The van der Waals surface area contributed by atoms with Gasteiger partial charge in [0.15, 0.2) is 0 Å². The van der Waals surface area contributed by atoms with Crippen molar-refractivity contribution in [3.63, 3.8) is 0 Å². The van der Waals surface area contributed by atoms with Gasteiger partial charge in [0.2, 0.25) is 0 Å². The van der Waals surface area contributed by atoms with Crippen LogP contribution in [0.4, 0.5) is 5.82 Å². The molecule has 1 heterocycles. The van der Waals surface area contributed by atoms with Crippen molar-refractivity contribution in [2.24, 2.45) is 0 Å². The summed E-state index contributed by atoms with van der Waals surface area (Å²) in [5, 5.41) is 3.18. The number of nitrogens with zero attached hydrogens (tertiary/aromatic N) is 2. The van der Waals surface area contributed by atoms with E-state index in [4.69, 9.17) is 27.9 Å². The average molecular weight is 312 g/mol. The first-order valence-corrected chi connectivity index (χ1v) is 6.42. The van der Waals surface area contributed by atoms with Crippen molar-refractivity contribution in [1.82, 2.24) is 9.97 Å². The number of hydrogen-bond donors (Lipinski definition) is 1. The van der Waals surface area contributed by atoms with Crippen LogP contribution in [0, 0.1) is 0 Å². The molecule has 2 aromatic rings. The lowest BCUT2D eigenvalue weighted by molar-refractivity contribution is 0.102. The molecule has 0 aliphatic heterocycles. The van der Waals surface area contributed by atoms with E-state index in [9.17, 15) is 4.79 Å². The third kappa shape index (κ3) is 3.45. The Bertz CT molecular complexity index is 615. The monoisotopic (exact) mass is 311 g/mol. The Balaban J connectivity index is 2.21. The lowest BCUT2D eigenvalue weighted by Gasteiger charge is -2.08. The highest BCUT2D eigenvalue weighted by Gasteiger charge is 2.15. The summed E-state index contributed by atoms with van der Waals surface area (Å²) < 4.78 is 4.97. The van der Waals surface area contributed by atoms with Crippen LogP contribution in [-0.2, 0) is 11.3 Å². The van der Waals surface area contributed by atoms with Crippen LogP contribution >= 0.6 is 23.2 Å². The predicted octanol–water partition coefficient (Wildman–Crippen LogP) is 3.18. The van der Waals surface area contributed by atoms with E-state index in [0.717, 1.165) is 0 Å². The van der Waals surface area contributed by atoms with Crippen molar-refractivity contribution in [2.75, 3.05) is 12.4 Å². The molecule has 0 unspecified atom stereocenters. The molecule has 1 N–H and O–H groups in total. The zero-order valence-corrected chi connectivity index (χ0v) is 12.1. The SMILES string of the molecule is COCc1cc(NC(=O)c2c(Cl)cccc2Cl)ncn1. The fraction of sp³-hybridized carbons (Fsp3) is 0.154. The lowest BCUT2D eigenvalue weighted by atomic mass is 10.2. The maximum absolute atomic E-state index is 12.2. The van der Waals surface area contributed by atoms with E-state index in [1.54, 1.807) is 31.4 Å². The van der Waals surface area contributed by atoms with Crippen molar-refractivity contribution < 1.29 is 9.53 Å². The van der Waals surface area contributed by atoms with Crippen molar-refractivity contribution in [1.29, 1.82) is 0 Å². The quantitative estimate of drug-likeness (QED) is 0.942. The summed E-state index contributed by atoms with van der Waals surface area (Å²) in [5.41, 5.74) is 0.866. The van der Waals surface area contributed by atoms with Gasteiger partial charge in [0.1, 0.15) is 12.1 Å². The summed E-state index contributed by atoms with van der Waals surface area (Å²) in [6.45, 7) is 0.332. The largest absolute Gasteiger partial charge is 0.378 e. The van der Waals surface area contributed by atoms with E-state index in [0.29, 0.717) is 18.1 Å². The van der Waals surface area contributed by atoms with Gasteiger partial charge in [-0.25, -0.2) is 9.97 Å². The van der Waals surface area contributed by atoms with Crippen LogP contribution in [0.3, 0.4) is 0 Å². The van der Waals surface area contributed by atoms with Gasteiger partial charge in [-0.15, -0.1) is 0 Å². The van der Waals surface area contributed by atoms with E-state index in [1.165, 1.54) is 6.33 Å². The van der Waals surface area contributed by atoms with Crippen LogP contribution in [0.15, 0.2) is 30.6 Å². The molecule has 0 fully saturated rings. The van der Waals surface area contributed by atoms with E-state index < -0.39 is 5.91 Å². The third-order valence-electron chi connectivity index (χ3n) is 2.45. The number of aromatic nitrogens is 2. The number of benzene rings is 1. The maximum atomic E-state index is 12.2. The fourth-order valence-electron chi connectivity index (χ4n) is 1.59. The number of nitrogens with one attached hydrogen (secondary N) is 1. The molecule has 0 spiro atoms. The molecule has 104 valence electrons. The van der Waals surface area contributed by atoms with Gasteiger partial charge in [0.25, 0.3) is 5.91 Å². The Hall–Kier alpha value is -1.69. The van der Waals surface area contributed by atoms with E-state index in [1.807, 2.05) is 0 Å². The van der Waals surface area contributed by atoms with Crippen molar-refractivity contribution in [3.05, 3.63) is 51.9 Å². The highest BCUT2D eigenvalue weighted by atomic mass is 35.5. The summed E-state index contributed by atoms with van der Waals surface area (Å²) >= 11 is 11.9. The second-order valence-electron chi connectivity index (χ2n) is 3.88. The van der Waals surface area contributed by atoms with Gasteiger partial charge in [-0.3, -0.25) is 4.79 Å². The molecule has 1 aromatic heterocycles. The second kappa shape index (κ2) is 6.65. The van der Waals surface area contributed by atoms with Crippen molar-refractivity contribution in [3.8, 4) is 0 Å². The fourth-order valence-corrected chi connectivity index (χ4v) is 2.16. The molecule has 1 amide bonds. The normalized spacial score (nSPS) is 10.3. The lowest BCUT2D eigenvalue weighted by Crippen LogP contribution is -2.14. The van der Waals surface area contributed by atoms with Crippen LogP contribution in [0.5, 0.6) is 0 Å².